The first kappa shape index (κ1) is 8.90. The SMILES string of the molecule is CC(=O)OC(C)N1C=CN(C)C1. The summed E-state index contributed by atoms with van der Waals surface area (Å²) in [6.07, 6.45) is 3.68. The van der Waals surface area contributed by atoms with Crippen LogP contribution in [0.1, 0.15) is 13.8 Å². The molecule has 0 fully saturated rings. The molecule has 0 saturated carbocycles. The molecule has 1 aliphatic heterocycles. The third-order valence-electron chi connectivity index (χ3n) is 1.70. The second-order valence-electron chi connectivity index (χ2n) is 2.92. The summed E-state index contributed by atoms with van der Waals surface area (Å²) in [6.45, 7) is 4.04. The number of rotatable bonds is 2. The van der Waals surface area contributed by atoms with Crippen LogP contribution in [-0.4, -0.2) is 35.7 Å². The predicted octanol–water partition coefficient (Wildman–Crippen LogP) is 0.572. The Balaban J connectivity index is 2.39. The van der Waals surface area contributed by atoms with E-state index in [9.17, 15) is 4.79 Å². The van der Waals surface area contributed by atoms with Crippen molar-refractivity contribution < 1.29 is 9.53 Å². The average molecular weight is 170 g/mol. The highest BCUT2D eigenvalue weighted by molar-refractivity contribution is 5.66. The summed E-state index contributed by atoms with van der Waals surface area (Å²) in [7, 11) is 1.97. The van der Waals surface area contributed by atoms with E-state index in [-0.39, 0.29) is 12.2 Å². The van der Waals surface area contributed by atoms with Crippen LogP contribution in [0.4, 0.5) is 0 Å². The average Bonchev–Trinajstić information content (AvgIpc) is 2.34. The molecule has 4 heteroatoms. The van der Waals surface area contributed by atoms with E-state index >= 15 is 0 Å². The molecular formula is C8H14N2O2. The first-order chi connectivity index (χ1) is 5.59. The molecule has 1 rings (SSSR count). The van der Waals surface area contributed by atoms with Crippen molar-refractivity contribution in [1.82, 2.24) is 9.80 Å². The first-order valence-electron chi connectivity index (χ1n) is 3.91. The van der Waals surface area contributed by atoms with Gasteiger partial charge in [0.25, 0.3) is 0 Å². The Morgan fingerprint density at radius 2 is 2.25 bits per heavy atom. The van der Waals surface area contributed by atoms with Crippen LogP contribution in [0.3, 0.4) is 0 Å². The third kappa shape index (κ3) is 2.15. The molecule has 0 bridgehead atoms. The van der Waals surface area contributed by atoms with E-state index in [1.54, 1.807) is 0 Å². The standard InChI is InChI=1S/C8H14N2O2/c1-7(12-8(2)11)10-5-4-9(3)6-10/h4-5,7H,6H2,1-3H3. The lowest BCUT2D eigenvalue weighted by molar-refractivity contribution is -0.152. The van der Waals surface area contributed by atoms with Crippen molar-refractivity contribution in [2.75, 3.05) is 13.7 Å². The molecule has 1 aliphatic rings. The maximum atomic E-state index is 10.6. The molecule has 68 valence electrons. The van der Waals surface area contributed by atoms with Gasteiger partial charge in [-0.05, 0) is 6.92 Å². The quantitative estimate of drug-likeness (QED) is 0.567. The summed E-state index contributed by atoms with van der Waals surface area (Å²) >= 11 is 0. The second-order valence-corrected chi connectivity index (χ2v) is 2.92. The van der Waals surface area contributed by atoms with Gasteiger partial charge >= 0.3 is 5.97 Å². The maximum Gasteiger partial charge on any atom is 0.304 e. The molecule has 1 heterocycles. The molecule has 0 radical (unpaired) electrons. The minimum absolute atomic E-state index is 0.177. The number of hydrogen-bond donors (Lipinski definition) is 0. The molecule has 1 atom stereocenters. The molecule has 0 N–H and O–H groups in total. The molecule has 0 aromatic carbocycles. The summed E-state index contributed by atoms with van der Waals surface area (Å²) in [6, 6.07) is 0. The lowest BCUT2D eigenvalue weighted by Crippen LogP contribution is -2.33. The number of hydrogen-bond acceptors (Lipinski definition) is 4. The van der Waals surface area contributed by atoms with Crippen molar-refractivity contribution in [3.05, 3.63) is 12.4 Å². The van der Waals surface area contributed by atoms with Crippen molar-refractivity contribution in [3.63, 3.8) is 0 Å². The minimum Gasteiger partial charge on any atom is -0.442 e. The smallest absolute Gasteiger partial charge is 0.304 e. The lowest BCUT2D eigenvalue weighted by Gasteiger charge is -2.24. The minimum atomic E-state index is -0.245. The molecule has 12 heavy (non-hydrogen) atoms. The van der Waals surface area contributed by atoms with Gasteiger partial charge in [0.05, 0.1) is 6.67 Å². The van der Waals surface area contributed by atoms with Gasteiger partial charge in [0.15, 0.2) is 6.23 Å². The van der Waals surface area contributed by atoms with Crippen LogP contribution in [0.5, 0.6) is 0 Å². The van der Waals surface area contributed by atoms with E-state index in [0.29, 0.717) is 0 Å². The molecule has 0 aromatic heterocycles. The van der Waals surface area contributed by atoms with Crippen molar-refractivity contribution >= 4 is 5.97 Å². The zero-order valence-corrected chi connectivity index (χ0v) is 7.65. The monoisotopic (exact) mass is 170 g/mol. The fourth-order valence-corrected chi connectivity index (χ4v) is 1.10. The lowest BCUT2D eigenvalue weighted by atomic mass is 10.5. The molecule has 4 nitrogen and oxygen atoms in total. The van der Waals surface area contributed by atoms with E-state index in [2.05, 4.69) is 0 Å². The van der Waals surface area contributed by atoms with Crippen LogP contribution < -0.4 is 0 Å². The number of carbonyl (C=O) groups excluding carboxylic acids is 1. The summed E-state index contributed by atoms with van der Waals surface area (Å²) in [5.74, 6) is -0.245. The highest BCUT2D eigenvalue weighted by Gasteiger charge is 2.16. The Morgan fingerprint density at radius 1 is 1.58 bits per heavy atom. The maximum absolute atomic E-state index is 10.6. The van der Waals surface area contributed by atoms with Gasteiger partial charge in [-0.3, -0.25) is 4.79 Å². The molecule has 1 unspecified atom stereocenters. The molecule has 0 aromatic rings. The third-order valence-corrected chi connectivity index (χ3v) is 1.70. The van der Waals surface area contributed by atoms with E-state index in [0.717, 1.165) is 6.67 Å². The van der Waals surface area contributed by atoms with Gasteiger partial charge in [-0.25, -0.2) is 0 Å². The van der Waals surface area contributed by atoms with E-state index in [4.69, 9.17) is 4.74 Å². The topological polar surface area (TPSA) is 32.8 Å². The normalized spacial score (nSPS) is 18.2. The molecule has 0 saturated heterocycles. The Kier molecular flexibility index (Phi) is 2.58. The Bertz CT molecular complexity index is 203. The summed E-state index contributed by atoms with van der Waals surface area (Å²) in [5, 5.41) is 0. The van der Waals surface area contributed by atoms with Crippen LogP contribution in [0, 0.1) is 0 Å². The van der Waals surface area contributed by atoms with Crippen LogP contribution in [0.2, 0.25) is 0 Å². The highest BCUT2D eigenvalue weighted by atomic mass is 16.6. The van der Waals surface area contributed by atoms with Crippen LogP contribution in [0.25, 0.3) is 0 Å². The van der Waals surface area contributed by atoms with Crippen molar-refractivity contribution in [1.29, 1.82) is 0 Å². The van der Waals surface area contributed by atoms with Crippen molar-refractivity contribution in [2.24, 2.45) is 0 Å². The largest absolute Gasteiger partial charge is 0.442 e. The number of carbonyl (C=O) groups is 1. The zero-order chi connectivity index (χ0) is 9.14. The Labute approximate surface area is 72.4 Å². The Morgan fingerprint density at radius 3 is 2.67 bits per heavy atom. The molecule has 0 amide bonds. The first-order valence-corrected chi connectivity index (χ1v) is 3.91. The molecule has 0 spiro atoms. The van der Waals surface area contributed by atoms with Gasteiger partial charge in [-0.15, -0.1) is 0 Å². The second kappa shape index (κ2) is 3.47. The highest BCUT2D eigenvalue weighted by Crippen LogP contribution is 2.09. The van der Waals surface area contributed by atoms with Gasteiger partial charge in [0.2, 0.25) is 0 Å². The van der Waals surface area contributed by atoms with Crippen molar-refractivity contribution in [2.45, 2.75) is 20.1 Å². The summed E-state index contributed by atoms with van der Waals surface area (Å²) in [5.41, 5.74) is 0. The summed E-state index contributed by atoms with van der Waals surface area (Å²) in [4.78, 5) is 14.6. The van der Waals surface area contributed by atoms with Crippen LogP contribution in [-0.2, 0) is 9.53 Å². The van der Waals surface area contributed by atoms with Crippen molar-refractivity contribution in [3.8, 4) is 0 Å². The van der Waals surface area contributed by atoms with Gasteiger partial charge in [0, 0.05) is 26.4 Å². The van der Waals surface area contributed by atoms with E-state index in [1.807, 2.05) is 36.2 Å². The fraction of sp³-hybridized carbons (Fsp3) is 0.625. The zero-order valence-electron chi connectivity index (χ0n) is 7.65. The fourth-order valence-electron chi connectivity index (χ4n) is 1.10. The van der Waals surface area contributed by atoms with E-state index in [1.165, 1.54) is 6.92 Å². The van der Waals surface area contributed by atoms with Gasteiger partial charge in [-0.1, -0.05) is 0 Å². The predicted molar refractivity (Wildman–Crippen MR) is 44.8 cm³/mol. The number of ether oxygens (including phenoxy) is 1. The van der Waals surface area contributed by atoms with Gasteiger partial charge in [0.1, 0.15) is 0 Å². The van der Waals surface area contributed by atoms with Gasteiger partial charge in [-0.2, -0.15) is 0 Å². The van der Waals surface area contributed by atoms with E-state index < -0.39 is 0 Å². The number of esters is 1. The van der Waals surface area contributed by atoms with Crippen LogP contribution >= 0.6 is 0 Å². The molecular weight excluding hydrogens is 156 g/mol. The number of nitrogens with zero attached hydrogens (tertiary/aromatic N) is 2. The molecule has 0 aliphatic carbocycles. The van der Waals surface area contributed by atoms with Gasteiger partial charge < -0.3 is 14.5 Å². The summed E-state index contributed by atoms with van der Waals surface area (Å²) < 4.78 is 4.99. The van der Waals surface area contributed by atoms with Crippen LogP contribution in [0.15, 0.2) is 12.4 Å². The Hall–Kier alpha value is -1.19.